The number of carbonyl (C=O) groups is 1. The molecule has 0 radical (unpaired) electrons. The van der Waals surface area contributed by atoms with Crippen molar-refractivity contribution in [2.75, 3.05) is 14.2 Å². The van der Waals surface area contributed by atoms with E-state index in [1.165, 1.54) is 7.11 Å². The molecule has 1 aliphatic carbocycles. The van der Waals surface area contributed by atoms with Gasteiger partial charge in [0.05, 0.1) is 18.0 Å². The number of methoxy groups -OCH3 is 1. The molecule has 0 atom stereocenters. The van der Waals surface area contributed by atoms with Crippen LogP contribution >= 0.6 is 0 Å². The van der Waals surface area contributed by atoms with Gasteiger partial charge in [-0.3, -0.25) is 0 Å². The number of fused-ring (bicyclic) bond motifs is 2. The van der Waals surface area contributed by atoms with Crippen molar-refractivity contribution < 1.29 is 13.9 Å². The lowest BCUT2D eigenvalue weighted by atomic mass is 9.90. The molecule has 140 valence electrons. The van der Waals surface area contributed by atoms with E-state index in [9.17, 15) is 4.79 Å². The van der Waals surface area contributed by atoms with E-state index in [4.69, 9.17) is 14.6 Å². The van der Waals surface area contributed by atoms with Crippen molar-refractivity contribution in [2.45, 2.75) is 6.54 Å². The number of ether oxygens (including phenoxy) is 1. The van der Waals surface area contributed by atoms with Crippen LogP contribution in [0.15, 0.2) is 65.1 Å². The topological polar surface area (TPSA) is 75.3 Å². The number of hydrogen-bond donors (Lipinski definition) is 2. The molecule has 0 aromatic heterocycles. The summed E-state index contributed by atoms with van der Waals surface area (Å²) in [7, 11) is 3.28. The fourth-order valence-electron chi connectivity index (χ4n) is 3.53. The van der Waals surface area contributed by atoms with Crippen LogP contribution in [0.2, 0.25) is 0 Å². The Kier molecular flexibility index (Phi) is 4.67. The Bertz CT molecular complexity index is 1210. The van der Waals surface area contributed by atoms with Gasteiger partial charge in [0.1, 0.15) is 11.3 Å². The van der Waals surface area contributed by atoms with Gasteiger partial charge in [0.2, 0.25) is 0 Å². The summed E-state index contributed by atoms with van der Waals surface area (Å²) in [6.07, 6.45) is 0. The Hall–Kier alpha value is -3.44. The van der Waals surface area contributed by atoms with Gasteiger partial charge in [-0.2, -0.15) is 0 Å². The SMILES string of the molecule is CNCc1ccc2c(-c3ccccc3C(=O)OC)c3ccc(=N)cc-3oc2c1. The van der Waals surface area contributed by atoms with Gasteiger partial charge in [0.25, 0.3) is 0 Å². The molecule has 0 spiro atoms. The molecular weight excluding hydrogens is 352 g/mol. The minimum Gasteiger partial charge on any atom is -0.465 e. The Morgan fingerprint density at radius 2 is 1.89 bits per heavy atom. The number of nitrogens with one attached hydrogen (secondary N) is 2. The first-order valence-corrected chi connectivity index (χ1v) is 8.99. The van der Waals surface area contributed by atoms with Crippen LogP contribution in [0, 0.1) is 5.41 Å². The highest BCUT2D eigenvalue weighted by atomic mass is 16.5. The number of rotatable bonds is 4. The van der Waals surface area contributed by atoms with Crippen molar-refractivity contribution >= 4 is 16.9 Å². The van der Waals surface area contributed by atoms with Crippen molar-refractivity contribution in [3.8, 4) is 22.5 Å². The standard InChI is InChI=1S/C23H20N2O3/c1-25-13-14-7-9-18-20(11-14)28-21-12-15(24)8-10-19(21)22(18)16-5-3-4-6-17(16)23(26)27-2/h3-12,24-25H,13H2,1-2H3. The highest BCUT2D eigenvalue weighted by Gasteiger charge is 2.21. The molecule has 5 heteroatoms. The third-order valence-corrected chi connectivity index (χ3v) is 4.77. The van der Waals surface area contributed by atoms with Gasteiger partial charge in [-0.15, -0.1) is 0 Å². The van der Waals surface area contributed by atoms with Crippen LogP contribution in [0.1, 0.15) is 15.9 Å². The molecule has 28 heavy (non-hydrogen) atoms. The first-order chi connectivity index (χ1) is 13.6. The van der Waals surface area contributed by atoms with Gasteiger partial charge in [0.15, 0.2) is 0 Å². The summed E-state index contributed by atoms with van der Waals surface area (Å²) in [5.74, 6) is 0.220. The Labute approximate surface area is 162 Å². The average molecular weight is 372 g/mol. The van der Waals surface area contributed by atoms with E-state index >= 15 is 0 Å². The highest BCUT2D eigenvalue weighted by Crippen LogP contribution is 2.41. The van der Waals surface area contributed by atoms with Gasteiger partial charge in [0, 0.05) is 29.1 Å². The van der Waals surface area contributed by atoms with Gasteiger partial charge in [-0.05, 0) is 42.4 Å². The van der Waals surface area contributed by atoms with Crippen LogP contribution in [-0.4, -0.2) is 20.1 Å². The zero-order valence-corrected chi connectivity index (χ0v) is 15.7. The van der Waals surface area contributed by atoms with E-state index in [2.05, 4.69) is 5.32 Å². The van der Waals surface area contributed by atoms with Crippen molar-refractivity contribution in [3.63, 3.8) is 0 Å². The summed E-state index contributed by atoms with van der Waals surface area (Å²) in [6, 6.07) is 18.7. The predicted octanol–water partition coefficient (Wildman–Crippen LogP) is 4.19. The second kappa shape index (κ2) is 7.29. The average Bonchev–Trinajstić information content (AvgIpc) is 2.71. The maximum absolute atomic E-state index is 12.4. The number of carbonyl (C=O) groups excluding carboxylic acids is 1. The quantitative estimate of drug-likeness (QED) is 0.416. The summed E-state index contributed by atoms with van der Waals surface area (Å²) < 4.78 is 11.1. The molecule has 2 aromatic rings. The number of esters is 1. The van der Waals surface area contributed by atoms with Crippen molar-refractivity contribution in [3.05, 3.63) is 77.1 Å². The van der Waals surface area contributed by atoms with Crippen LogP contribution in [-0.2, 0) is 11.3 Å². The summed E-state index contributed by atoms with van der Waals surface area (Å²) in [5, 5.41) is 12.4. The first kappa shape index (κ1) is 17.9. The summed E-state index contributed by atoms with van der Waals surface area (Å²) in [5.41, 5.74) is 4.81. The molecule has 0 bridgehead atoms. The zero-order valence-electron chi connectivity index (χ0n) is 15.7. The van der Waals surface area contributed by atoms with E-state index in [0.29, 0.717) is 22.3 Å². The Morgan fingerprint density at radius 1 is 1.07 bits per heavy atom. The number of benzene rings is 3. The van der Waals surface area contributed by atoms with Gasteiger partial charge in [-0.25, -0.2) is 4.79 Å². The lowest BCUT2D eigenvalue weighted by Gasteiger charge is -2.17. The molecule has 2 aromatic carbocycles. The second-order valence-electron chi connectivity index (χ2n) is 6.59. The van der Waals surface area contributed by atoms with Crippen molar-refractivity contribution in [1.82, 2.24) is 5.32 Å². The molecule has 4 rings (SSSR count). The monoisotopic (exact) mass is 372 g/mol. The van der Waals surface area contributed by atoms with Gasteiger partial charge >= 0.3 is 5.97 Å². The van der Waals surface area contributed by atoms with E-state index in [1.54, 1.807) is 18.2 Å². The van der Waals surface area contributed by atoms with Crippen LogP contribution in [0.25, 0.3) is 33.4 Å². The van der Waals surface area contributed by atoms with Crippen LogP contribution < -0.4 is 10.7 Å². The third-order valence-electron chi connectivity index (χ3n) is 4.77. The number of hydrogen-bond acceptors (Lipinski definition) is 5. The summed E-state index contributed by atoms with van der Waals surface area (Å²) in [6.45, 7) is 0.718. The molecule has 1 aliphatic heterocycles. The van der Waals surface area contributed by atoms with Crippen LogP contribution in [0.3, 0.4) is 0 Å². The minimum atomic E-state index is -0.387. The lowest BCUT2D eigenvalue weighted by Crippen LogP contribution is -2.06. The Morgan fingerprint density at radius 3 is 2.68 bits per heavy atom. The predicted molar refractivity (Wildman–Crippen MR) is 108 cm³/mol. The van der Waals surface area contributed by atoms with Crippen molar-refractivity contribution in [2.24, 2.45) is 0 Å². The molecule has 2 N–H and O–H groups in total. The molecule has 1 heterocycles. The third kappa shape index (κ3) is 3.06. The van der Waals surface area contributed by atoms with Crippen molar-refractivity contribution in [1.29, 1.82) is 5.41 Å². The Balaban J connectivity index is 2.12. The first-order valence-electron chi connectivity index (χ1n) is 8.99. The summed E-state index contributed by atoms with van der Waals surface area (Å²) in [4.78, 5) is 12.4. The fraction of sp³-hybridized carbons (Fsp3) is 0.130. The molecule has 0 saturated carbocycles. The molecule has 0 amide bonds. The minimum absolute atomic E-state index is 0.370. The van der Waals surface area contributed by atoms with Crippen LogP contribution in [0.4, 0.5) is 0 Å². The molecule has 0 unspecified atom stereocenters. The van der Waals surface area contributed by atoms with E-state index < -0.39 is 0 Å². The zero-order chi connectivity index (χ0) is 19.7. The molecule has 0 saturated heterocycles. The van der Waals surface area contributed by atoms with Gasteiger partial charge < -0.3 is 19.9 Å². The lowest BCUT2D eigenvalue weighted by molar-refractivity contribution is 0.0601. The second-order valence-corrected chi connectivity index (χ2v) is 6.59. The normalized spacial score (nSPS) is 11.1. The summed E-state index contributed by atoms with van der Waals surface area (Å²) >= 11 is 0. The highest BCUT2D eigenvalue weighted by molar-refractivity contribution is 6.07. The van der Waals surface area contributed by atoms with E-state index in [0.717, 1.165) is 34.2 Å². The van der Waals surface area contributed by atoms with Crippen LogP contribution in [0.5, 0.6) is 0 Å². The molecule has 5 nitrogen and oxygen atoms in total. The largest absolute Gasteiger partial charge is 0.465 e. The maximum Gasteiger partial charge on any atom is 0.338 e. The van der Waals surface area contributed by atoms with E-state index in [1.807, 2.05) is 49.5 Å². The smallest absolute Gasteiger partial charge is 0.338 e. The van der Waals surface area contributed by atoms with Gasteiger partial charge in [-0.1, -0.05) is 30.3 Å². The molecule has 2 aliphatic rings. The molecular formula is C23H20N2O3. The molecule has 0 fully saturated rings. The van der Waals surface area contributed by atoms with E-state index in [-0.39, 0.29) is 5.97 Å². The maximum atomic E-state index is 12.4. The fourth-order valence-corrected chi connectivity index (χ4v) is 3.53.